The number of hydrogen-bond acceptors (Lipinski definition) is 7. The SMILES string of the molecule is CCOC(=O)c1c(C)noc1NC(=O)NCc1ccc(OC)c(OC)c1. The molecule has 0 unspecified atom stereocenters. The third-order valence-corrected chi connectivity index (χ3v) is 3.47. The van der Waals surface area contributed by atoms with Crippen molar-refractivity contribution >= 4 is 17.9 Å². The zero-order valence-corrected chi connectivity index (χ0v) is 15.0. The van der Waals surface area contributed by atoms with Gasteiger partial charge in [-0.3, -0.25) is 5.32 Å². The van der Waals surface area contributed by atoms with Crippen molar-refractivity contribution in [2.45, 2.75) is 20.4 Å². The number of aromatic nitrogens is 1. The molecule has 0 bridgehead atoms. The highest BCUT2D eigenvalue weighted by atomic mass is 16.5. The van der Waals surface area contributed by atoms with Gasteiger partial charge in [-0.15, -0.1) is 0 Å². The molecule has 0 radical (unpaired) electrons. The van der Waals surface area contributed by atoms with Crippen molar-refractivity contribution < 1.29 is 28.3 Å². The van der Waals surface area contributed by atoms with Gasteiger partial charge in [0.05, 0.1) is 26.5 Å². The van der Waals surface area contributed by atoms with Gasteiger partial charge in [-0.2, -0.15) is 0 Å². The molecule has 0 fully saturated rings. The monoisotopic (exact) mass is 363 g/mol. The minimum absolute atomic E-state index is 0.0641. The molecule has 9 nitrogen and oxygen atoms in total. The summed E-state index contributed by atoms with van der Waals surface area (Å²) in [6.45, 7) is 3.70. The lowest BCUT2D eigenvalue weighted by Crippen LogP contribution is -2.28. The molecule has 0 aliphatic carbocycles. The first-order chi connectivity index (χ1) is 12.5. The number of aryl methyl sites for hydroxylation is 1. The van der Waals surface area contributed by atoms with Crippen molar-refractivity contribution in [1.29, 1.82) is 0 Å². The van der Waals surface area contributed by atoms with Crippen molar-refractivity contribution in [3.8, 4) is 11.5 Å². The van der Waals surface area contributed by atoms with Gasteiger partial charge in [-0.25, -0.2) is 9.59 Å². The molecule has 2 rings (SSSR count). The molecule has 0 aliphatic heterocycles. The van der Waals surface area contributed by atoms with E-state index in [0.29, 0.717) is 17.2 Å². The van der Waals surface area contributed by atoms with Crippen LogP contribution >= 0.6 is 0 Å². The van der Waals surface area contributed by atoms with Crippen LogP contribution in [0.5, 0.6) is 11.5 Å². The summed E-state index contributed by atoms with van der Waals surface area (Å²) in [5.41, 5.74) is 1.23. The maximum atomic E-state index is 12.1. The highest BCUT2D eigenvalue weighted by molar-refractivity contribution is 5.99. The molecule has 2 N–H and O–H groups in total. The van der Waals surface area contributed by atoms with Crippen molar-refractivity contribution in [2.24, 2.45) is 0 Å². The van der Waals surface area contributed by atoms with Gasteiger partial charge in [0.1, 0.15) is 5.56 Å². The highest BCUT2D eigenvalue weighted by Gasteiger charge is 2.23. The minimum atomic E-state index is -0.610. The molecule has 0 aliphatic rings. The first kappa shape index (κ1) is 19.1. The third kappa shape index (κ3) is 4.44. The van der Waals surface area contributed by atoms with Crippen LogP contribution in [-0.2, 0) is 11.3 Å². The Kier molecular flexibility index (Phi) is 6.42. The van der Waals surface area contributed by atoms with Crippen LogP contribution in [-0.4, -0.2) is 38.0 Å². The summed E-state index contributed by atoms with van der Waals surface area (Å²) in [5.74, 6) is 0.479. The summed E-state index contributed by atoms with van der Waals surface area (Å²) in [4.78, 5) is 24.0. The molecule has 0 spiro atoms. The van der Waals surface area contributed by atoms with E-state index in [1.807, 2.05) is 0 Å². The Hall–Kier alpha value is -3.23. The molecule has 0 saturated heterocycles. The van der Waals surface area contributed by atoms with E-state index in [4.69, 9.17) is 18.7 Å². The van der Waals surface area contributed by atoms with Gasteiger partial charge in [0, 0.05) is 6.54 Å². The maximum absolute atomic E-state index is 12.1. The lowest BCUT2D eigenvalue weighted by Gasteiger charge is -2.10. The summed E-state index contributed by atoms with van der Waals surface area (Å²) >= 11 is 0. The Morgan fingerprint density at radius 3 is 2.58 bits per heavy atom. The van der Waals surface area contributed by atoms with Gasteiger partial charge in [-0.05, 0) is 31.5 Å². The Bertz CT molecular complexity index is 787. The van der Waals surface area contributed by atoms with E-state index >= 15 is 0 Å². The van der Waals surface area contributed by atoms with Gasteiger partial charge in [0.2, 0.25) is 5.88 Å². The van der Waals surface area contributed by atoms with E-state index in [-0.39, 0.29) is 24.6 Å². The smallest absolute Gasteiger partial charge is 0.345 e. The molecular weight excluding hydrogens is 342 g/mol. The Morgan fingerprint density at radius 1 is 1.19 bits per heavy atom. The topological polar surface area (TPSA) is 112 Å². The number of anilines is 1. The number of rotatable bonds is 7. The Labute approximate surface area is 150 Å². The number of methoxy groups -OCH3 is 2. The fourth-order valence-electron chi connectivity index (χ4n) is 2.22. The van der Waals surface area contributed by atoms with Crippen LogP contribution < -0.4 is 20.1 Å². The van der Waals surface area contributed by atoms with Crippen molar-refractivity contribution in [1.82, 2.24) is 10.5 Å². The number of carbonyl (C=O) groups excluding carboxylic acids is 2. The number of esters is 1. The van der Waals surface area contributed by atoms with Crippen LogP contribution in [0.15, 0.2) is 22.7 Å². The number of benzene rings is 1. The zero-order chi connectivity index (χ0) is 19.1. The van der Waals surface area contributed by atoms with Crippen LogP contribution in [0.1, 0.15) is 28.5 Å². The Morgan fingerprint density at radius 2 is 1.92 bits per heavy atom. The molecular formula is C17H21N3O6. The fourth-order valence-corrected chi connectivity index (χ4v) is 2.22. The molecule has 2 aromatic rings. The molecule has 0 saturated carbocycles. The Balaban J connectivity index is 2.01. The zero-order valence-electron chi connectivity index (χ0n) is 15.0. The molecule has 1 aromatic carbocycles. The second-order valence-corrected chi connectivity index (χ2v) is 5.19. The lowest BCUT2D eigenvalue weighted by atomic mass is 10.2. The fraction of sp³-hybridized carbons (Fsp3) is 0.353. The van der Waals surface area contributed by atoms with Gasteiger partial charge in [0.25, 0.3) is 0 Å². The summed E-state index contributed by atoms with van der Waals surface area (Å²) in [5, 5.41) is 8.80. The third-order valence-electron chi connectivity index (χ3n) is 3.47. The number of urea groups is 1. The molecule has 140 valence electrons. The second kappa shape index (κ2) is 8.75. The normalized spacial score (nSPS) is 10.2. The van der Waals surface area contributed by atoms with E-state index in [2.05, 4.69) is 15.8 Å². The first-order valence-electron chi connectivity index (χ1n) is 7.89. The predicted octanol–water partition coefficient (Wildman–Crippen LogP) is 2.50. The summed E-state index contributed by atoms with van der Waals surface area (Å²) < 4.78 is 20.3. The number of hydrogen-bond donors (Lipinski definition) is 2. The summed E-state index contributed by atoms with van der Waals surface area (Å²) in [6.07, 6.45) is 0. The largest absolute Gasteiger partial charge is 0.493 e. The van der Waals surface area contributed by atoms with Crippen LogP contribution in [0.4, 0.5) is 10.7 Å². The number of carbonyl (C=O) groups is 2. The number of amides is 2. The van der Waals surface area contributed by atoms with Gasteiger partial charge < -0.3 is 24.1 Å². The van der Waals surface area contributed by atoms with Gasteiger partial charge >= 0.3 is 12.0 Å². The number of nitrogens with one attached hydrogen (secondary N) is 2. The maximum Gasteiger partial charge on any atom is 0.345 e. The molecule has 2 amide bonds. The van der Waals surface area contributed by atoms with Crippen LogP contribution in [0.25, 0.3) is 0 Å². The summed E-state index contributed by atoms with van der Waals surface area (Å²) in [6, 6.07) is 4.74. The van der Waals surface area contributed by atoms with Crippen molar-refractivity contribution in [3.05, 3.63) is 35.0 Å². The number of ether oxygens (including phenoxy) is 3. The van der Waals surface area contributed by atoms with Crippen LogP contribution in [0.2, 0.25) is 0 Å². The predicted molar refractivity (Wildman–Crippen MR) is 92.6 cm³/mol. The number of nitrogens with zero attached hydrogens (tertiary/aromatic N) is 1. The van der Waals surface area contributed by atoms with E-state index in [1.54, 1.807) is 39.2 Å². The molecule has 1 heterocycles. The van der Waals surface area contributed by atoms with Crippen LogP contribution in [0.3, 0.4) is 0 Å². The lowest BCUT2D eigenvalue weighted by molar-refractivity contribution is 0.0526. The average Bonchev–Trinajstić information content (AvgIpc) is 3.00. The highest BCUT2D eigenvalue weighted by Crippen LogP contribution is 2.27. The van der Waals surface area contributed by atoms with Crippen molar-refractivity contribution in [3.63, 3.8) is 0 Å². The molecule has 9 heteroatoms. The standard InChI is InChI=1S/C17H21N3O6/c1-5-25-16(21)14-10(2)20-26-15(14)19-17(22)18-9-11-6-7-12(23-3)13(8-11)24-4/h6-8H,5,9H2,1-4H3,(H2,18,19,22). The molecule has 1 aromatic heterocycles. The second-order valence-electron chi connectivity index (χ2n) is 5.19. The first-order valence-corrected chi connectivity index (χ1v) is 7.89. The van der Waals surface area contributed by atoms with E-state index in [0.717, 1.165) is 5.56 Å². The van der Waals surface area contributed by atoms with Gasteiger partial charge in [0.15, 0.2) is 11.5 Å². The van der Waals surface area contributed by atoms with E-state index in [9.17, 15) is 9.59 Å². The van der Waals surface area contributed by atoms with E-state index < -0.39 is 12.0 Å². The van der Waals surface area contributed by atoms with E-state index in [1.165, 1.54) is 7.11 Å². The molecule has 26 heavy (non-hydrogen) atoms. The average molecular weight is 363 g/mol. The van der Waals surface area contributed by atoms with Crippen LogP contribution in [0, 0.1) is 6.92 Å². The van der Waals surface area contributed by atoms with Crippen molar-refractivity contribution in [2.75, 3.05) is 26.1 Å². The quantitative estimate of drug-likeness (QED) is 0.727. The molecule has 0 atom stereocenters. The van der Waals surface area contributed by atoms with Gasteiger partial charge in [-0.1, -0.05) is 11.2 Å². The minimum Gasteiger partial charge on any atom is -0.493 e. The summed E-state index contributed by atoms with van der Waals surface area (Å²) in [7, 11) is 3.08.